The predicted molar refractivity (Wildman–Crippen MR) is 91.5 cm³/mol. The molecule has 3 aromatic rings. The highest BCUT2D eigenvalue weighted by Crippen LogP contribution is 2.43. The minimum absolute atomic E-state index is 0.317. The summed E-state index contributed by atoms with van der Waals surface area (Å²) in [7, 11) is -3.50. The number of rotatable bonds is 2. The van der Waals surface area contributed by atoms with Crippen LogP contribution in [0.2, 0.25) is 0 Å². The highest BCUT2D eigenvalue weighted by atomic mass is 79.9. The van der Waals surface area contributed by atoms with Crippen LogP contribution in [0.15, 0.2) is 70.0 Å². The van der Waals surface area contributed by atoms with Crippen LogP contribution in [0.5, 0.6) is 0 Å². The quantitative estimate of drug-likeness (QED) is 0.670. The molecule has 4 rings (SSSR count). The molecule has 1 aliphatic heterocycles. The van der Waals surface area contributed by atoms with Gasteiger partial charge in [-0.15, -0.1) is 0 Å². The summed E-state index contributed by atoms with van der Waals surface area (Å²) in [5, 5.41) is 1.77. The van der Waals surface area contributed by atoms with Gasteiger partial charge in [-0.25, -0.2) is 8.42 Å². The van der Waals surface area contributed by atoms with Crippen LogP contribution in [-0.4, -0.2) is 8.42 Å². The SMILES string of the molecule is O=S1(=O)c2cccc3cccc(c23)N1Cc1ccccc1Br. The highest BCUT2D eigenvalue weighted by molar-refractivity contribution is 9.10. The molecule has 0 aromatic heterocycles. The molecule has 22 heavy (non-hydrogen) atoms. The third-order valence-corrected chi connectivity index (χ3v) is 6.53. The van der Waals surface area contributed by atoms with E-state index in [1.807, 2.05) is 48.5 Å². The second kappa shape index (κ2) is 4.83. The standard InChI is InChI=1S/C17H12BrNO2S/c18-14-8-2-1-5-13(14)11-19-15-9-3-6-12-7-4-10-16(17(12)15)22(19,20)21/h1-10H,11H2. The van der Waals surface area contributed by atoms with Crippen molar-refractivity contribution in [3.63, 3.8) is 0 Å². The first-order valence-electron chi connectivity index (χ1n) is 6.87. The van der Waals surface area contributed by atoms with Crippen LogP contribution >= 0.6 is 15.9 Å². The van der Waals surface area contributed by atoms with Crippen LogP contribution in [0.1, 0.15) is 5.56 Å². The second-order valence-electron chi connectivity index (χ2n) is 5.23. The van der Waals surface area contributed by atoms with E-state index in [0.29, 0.717) is 11.4 Å². The minimum Gasteiger partial charge on any atom is -0.261 e. The fourth-order valence-corrected chi connectivity index (χ4v) is 5.01. The van der Waals surface area contributed by atoms with Gasteiger partial charge in [0.15, 0.2) is 0 Å². The molecular formula is C17H12BrNO2S. The molecule has 3 aromatic carbocycles. The van der Waals surface area contributed by atoms with Gasteiger partial charge in [-0.05, 0) is 29.1 Å². The summed E-state index contributed by atoms with van der Waals surface area (Å²) in [6.45, 7) is 0.317. The third kappa shape index (κ3) is 1.89. The minimum atomic E-state index is -3.50. The van der Waals surface area contributed by atoms with Crippen molar-refractivity contribution >= 4 is 42.4 Å². The Kier molecular flexibility index (Phi) is 3.03. The maximum atomic E-state index is 12.9. The van der Waals surface area contributed by atoms with Gasteiger partial charge in [-0.1, -0.05) is 58.4 Å². The van der Waals surface area contributed by atoms with E-state index in [-0.39, 0.29) is 0 Å². The van der Waals surface area contributed by atoms with E-state index in [1.165, 1.54) is 4.31 Å². The van der Waals surface area contributed by atoms with Crippen LogP contribution in [0.3, 0.4) is 0 Å². The smallest absolute Gasteiger partial charge is 0.261 e. The Morgan fingerprint density at radius 2 is 1.64 bits per heavy atom. The molecule has 0 amide bonds. The first kappa shape index (κ1) is 13.8. The number of anilines is 1. The molecule has 3 nitrogen and oxygen atoms in total. The van der Waals surface area contributed by atoms with E-state index in [4.69, 9.17) is 0 Å². The Bertz CT molecular complexity index is 993. The lowest BCUT2D eigenvalue weighted by Gasteiger charge is -2.19. The Morgan fingerprint density at radius 1 is 0.909 bits per heavy atom. The number of hydrogen-bond acceptors (Lipinski definition) is 2. The van der Waals surface area contributed by atoms with Crippen LogP contribution in [0, 0.1) is 0 Å². The zero-order valence-electron chi connectivity index (χ0n) is 11.5. The first-order valence-corrected chi connectivity index (χ1v) is 9.10. The van der Waals surface area contributed by atoms with Crippen LogP contribution in [0.4, 0.5) is 5.69 Å². The molecule has 0 saturated carbocycles. The zero-order valence-corrected chi connectivity index (χ0v) is 13.9. The molecular weight excluding hydrogens is 362 g/mol. The Hall–Kier alpha value is -1.85. The number of halogens is 1. The van der Waals surface area contributed by atoms with Gasteiger partial charge in [-0.3, -0.25) is 4.31 Å². The Balaban J connectivity index is 1.93. The fraction of sp³-hybridized carbons (Fsp3) is 0.0588. The number of sulfonamides is 1. The van der Waals surface area contributed by atoms with Crippen molar-refractivity contribution in [1.82, 2.24) is 0 Å². The number of benzene rings is 3. The van der Waals surface area contributed by atoms with E-state index in [9.17, 15) is 8.42 Å². The van der Waals surface area contributed by atoms with E-state index < -0.39 is 10.0 Å². The van der Waals surface area contributed by atoms with Crippen LogP contribution in [-0.2, 0) is 16.6 Å². The molecule has 0 bridgehead atoms. The van der Waals surface area contributed by atoms with Gasteiger partial charge < -0.3 is 0 Å². The summed E-state index contributed by atoms with van der Waals surface area (Å²) in [4.78, 5) is 0.396. The molecule has 5 heteroatoms. The lowest BCUT2D eigenvalue weighted by Crippen LogP contribution is -2.26. The van der Waals surface area contributed by atoms with Gasteiger partial charge in [0.1, 0.15) is 0 Å². The maximum absolute atomic E-state index is 12.9. The van der Waals surface area contributed by atoms with Crippen molar-refractivity contribution in [2.45, 2.75) is 11.4 Å². The van der Waals surface area contributed by atoms with Crippen molar-refractivity contribution in [3.05, 3.63) is 70.7 Å². The molecule has 0 aliphatic carbocycles. The van der Waals surface area contributed by atoms with Gasteiger partial charge in [0.25, 0.3) is 10.0 Å². The van der Waals surface area contributed by atoms with Gasteiger partial charge in [-0.2, -0.15) is 0 Å². The molecule has 0 spiro atoms. The lowest BCUT2D eigenvalue weighted by molar-refractivity contribution is 0.593. The zero-order chi connectivity index (χ0) is 15.3. The van der Waals surface area contributed by atoms with Crippen molar-refractivity contribution in [3.8, 4) is 0 Å². The average Bonchev–Trinajstić information content (AvgIpc) is 2.73. The monoisotopic (exact) mass is 373 g/mol. The largest absolute Gasteiger partial charge is 0.265 e. The molecule has 0 unspecified atom stereocenters. The van der Waals surface area contributed by atoms with Crippen LogP contribution < -0.4 is 4.31 Å². The summed E-state index contributed by atoms with van der Waals surface area (Å²) in [6, 6.07) is 18.8. The fourth-order valence-electron chi connectivity index (χ4n) is 2.91. The second-order valence-corrected chi connectivity index (χ2v) is 7.92. The highest BCUT2D eigenvalue weighted by Gasteiger charge is 2.35. The maximum Gasteiger partial charge on any atom is 0.265 e. The summed E-state index contributed by atoms with van der Waals surface area (Å²) >= 11 is 3.49. The first-order chi connectivity index (χ1) is 10.6. The Morgan fingerprint density at radius 3 is 2.41 bits per heavy atom. The van der Waals surface area contributed by atoms with Gasteiger partial charge in [0.05, 0.1) is 17.1 Å². The summed E-state index contributed by atoms with van der Waals surface area (Å²) in [6.07, 6.45) is 0. The number of hydrogen-bond donors (Lipinski definition) is 0. The topological polar surface area (TPSA) is 37.4 Å². The Labute approximate surface area is 137 Å². The molecule has 0 fully saturated rings. The van der Waals surface area contributed by atoms with Gasteiger partial charge in [0.2, 0.25) is 0 Å². The van der Waals surface area contributed by atoms with Crippen molar-refractivity contribution in [1.29, 1.82) is 0 Å². The van der Waals surface area contributed by atoms with Crippen molar-refractivity contribution in [2.75, 3.05) is 4.31 Å². The molecule has 0 N–H and O–H groups in total. The molecule has 0 radical (unpaired) electrons. The molecule has 0 saturated heterocycles. The van der Waals surface area contributed by atoms with E-state index in [2.05, 4.69) is 15.9 Å². The van der Waals surface area contributed by atoms with Crippen LogP contribution in [0.25, 0.3) is 10.8 Å². The van der Waals surface area contributed by atoms with Gasteiger partial charge >= 0.3 is 0 Å². The van der Waals surface area contributed by atoms with Gasteiger partial charge in [0, 0.05) is 9.86 Å². The molecule has 1 heterocycles. The normalized spacial score (nSPS) is 15.4. The van der Waals surface area contributed by atoms with Crippen molar-refractivity contribution in [2.24, 2.45) is 0 Å². The average molecular weight is 374 g/mol. The molecule has 110 valence electrons. The summed E-state index contributed by atoms with van der Waals surface area (Å²) < 4.78 is 28.2. The summed E-state index contributed by atoms with van der Waals surface area (Å²) in [5.41, 5.74) is 1.69. The summed E-state index contributed by atoms with van der Waals surface area (Å²) in [5.74, 6) is 0. The molecule has 1 aliphatic rings. The third-order valence-electron chi connectivity index (χ3n) is 3.95. The lowest BCUT2D eigenvalue weighted by atomic mass is 10.1. The van der Waals surface area contributed by atoms with E-state index in [0.717, 1.165) is 26.5 Å². The van der Waals surface area contributed by atoms with E-state index >= 15 is 0 Å². The predicted octanol–water partition coefficient (Wildman–Crippen LogP) is 4.31. The number of nitrogens with zero attached hydrogens (tertiary/aromatic N) is 1. The van der Waals surface area contributed by atoms with E-state index in [1.54, 1.807) is 12.1 Å². The van der Waals surface area contributed by atoms with Crippen molar-refractivity contribution < 1.29 is 8.42 Å². The molecule has 0 atom stereocenters.